The van der Waals surface area contributed by atoms with Gasteiger partial charge < -0.3 is 10.2 Å². The normalized spacial score (nSPS) is 27.5. The van der Waals surface area contributed by atoms with Crippen molar-refractivity contribution in [3.05, 3.63) is 24.3 Å². The van der Waals surface area contributed by atoms with Crippen molar-refractivity contribution in [1.29, 1.82) is 0 Å². The van der Waals surface area contributed by atoms with Gasteiger partial charge in [0.25, 0.3) is 0 Å². The second-order valence-corrected chi connectivity index (χ2v) is 6.27. The molecule has 1 aromatic rings. The van der Waals surface area contributed by atoms with Crippen LogP contribution in [0, 0.1) is 0 Å². The maximum Gasteiger partial charge on any atom is 0.0596 e. The third-order valence-electron chi connectivity index (χ3n) is 4.38. The van der Waals surface area contributed by atoms with E-state index in [9.17, 15) is 0 Å². The van der Waals surface area contributed by atoms with Crippen molar-refractivity contribution in [3.63, 3.8) is 0 Å². The Bertz CT molecular complexity index is 439. The zero-order valence-electron chi connectivity index (χ0n) is 12.3. The van der Waals surface area contributed by atoms with Crippen LogP contribution in [0.2, 0.25) is 0 Å². The van der Waals surface area contributed by atoms with Crippen molar-refractivity contribution < 1.29 is 0 Å². The highest BCUT2D eigenvalue weighted by atomic mass is 15.3. The van der Waals surface area contributed by atoms with Crippen molar-refractivity contribution in [2.24, 2.45) is 0 Å². The van der Waals surface area contributed by atoms with Crippen LogP contribution in [-0.2, 0) is 0 Å². The molecule has 2 unspecified atom stereocenters. The van der Waals surface area contributed by atoms with E-state index in [1.165, 1.54) is 37.2 Å². The molecule has 1 aliphatic carbocycles. The average molecular weight is 259 g/mol. The quantitative estimate of drug-likeness (QED) is 0.897. The monoisotopic (exact) mass is 259 g/mol. The Balaban J connectivity index is 1.69. The molecular formula is C16H25N3. The predicted molar refractivity (Wildman–Crippen MR) is 82.0 cm³/mol. The van der Waals surface area contributed by atoms with Gasteiger partial charge in [-0.15, -0.1) is 0 Å². The average Bonchev–Trinajstić information content (AvgIpc) is 3.15. The van der Waals surface area contributed by atoms with Crippen molar-refractivity contribution >= 4 is 11.4 Å². The molecule has 1 heterocycles. The molecule has 0 spiro atoms. The molecule has 2 aliphatic rings. The van der Waals surface area contributed by atoms with Gasteiger partial charge in [-0.05, 0) is 38.3 Å². The highest BCUT2D eigenvalue weighted by molar-refractivity contribution is 5.69. The molecule has 0 radical (unpaired) electrons. The van der Waals surface area contributed by atoms with E-state index in [4.69, 9.17) is 0 Å². The molecule has 1 saturated carbocycles. The number of rotatable bonds is 4. The van der Waals surface area contributed by atoms with Crippen molar-refractivity contribution in [2.45, 2.75) is 44.3 Å². The predicted octanol–water partition coefficient (Wildman–Crippen LogP) is 2.79. The van der Waals surface area contributed by atoms with Crippen molar-refractivity contribution in [3.8, 4) is 0 Å². The van der Waals surface area contributed by atoms with Gasteiger partial charge in [-0.25, -0.2) is 0 Å². The lowest BCUT2D eigenvalue weighted by molar-refractivity contribution is 0.257. The molecule has 3 heteroatoms. The number of hydrogen-bond donors (Lipinski definition) is 1. The first-order chi connectivity index (χ1) is 9.15. The highest BCUT2D eigenvalue weighted by Crippen LogP contribution is 2.35. The number of nitrogens with zero attached hydrogens (tertiary/aromatic N) is 2. The minimum Gasteiger partial charge on any atom is -0.379 e. The van der Waals surface area contributed by atoms with E-state index < -0.39 is 0 Å². The van der Waals surface area contributed by atoms with Crippen molar-refractivity contribution in [2.75, 3.05) is 30.9 Å². The van der Waals surface area contributed by atoms with Crippen LogP contribution in [0.3, 0.4) is 0 Å². The molecule has 2 atom stereocenters. The largest absolute Gasteiger partial charge is 0.379 e. The van der Waals surface area contributed by atoms with Gasteiger partial charge in [0.2, 0.25) is 0 Å². The topological polar surface area (TPSA) is 18.5 Å². The fraction of sp³-hybridized carbons (Fsp3) is 0.625. The number of benzene rings is 1. The summed E-state index contributed by atoms with van der Waals surface area (Å²) in [6.45, 7) is 3.57. The first-order valence-corrected chi connectivity index (χ1v) is 7.44. The summed E-state index contributed by atoms with van der Waals surface area (Å²) < 4.78 is 0. The Morgan fingerprint density at radius 1 is 1.21 bits per heavy atom. The third kappa shape index (κ3) is 2.71. The minimum absolute atomic E-state index is 0.594. The molecule has 2 fully saturated rings. The molecule has 0 aromatic heterocycles. The third-order valence-corrected chi connectivity index (χ3v) is 4.38. The van der Waals surface area contributed by atoms with E-state index in [0.29, 0.717) is 6.04 Å². The number of para-hydroxylation sites is 2. The van der Waals surface area contributed by atoms with Gasteiger partial charge in [0.1, 0.15) is 0 Å². The van der Waals surface area contributed by atoms with Gasteiger partial charge in [0.05, 0.1) is 11.4 Å². The summed E-state index contributed by atoms with van der Waals surface area (Å²) >= 11 is 0. The molecule has 0 amide bonds. The molecule has 104 valence electrons. The van der Waals surface area contributed by atoms with Crippen LogP contribution in [0.25, 0.3) is 0 Å². The second kappa shape index (κ2) is 5.04. The second-order valence-electron chi connectivity index (χ2n) is 6.27. The van der Waals surface area contributed by atoms with Gasteiger partial charge >= 0.3 is 0 Å². The fourth-order valence-electron chi connectivity index (χ4n) is 3.28. The molecule has 3 rings (SSSR count). The SMILES string of the molecule is CC1CC(Nc2ccccc2N(C)C)CN1C1CC1. The van der Waals surface area contributed by atoms with E-state index >= 15 is 0 Å². The van der Waals surface area contributed by atoms with Crippen LogP contribution in [-0.4, -0.2) is 43.7 Å². The van der Waals surface area contributed by atoms with E-state index in [0.717, 1.165) is 12.1 Å². The van der Waals surface area contributed by atoms with Gasteiger partial charge in [-0.1, -0.05) is 12.1 Å². The lowest BCUT2D eigenvalue weighted by atomic mass is 10.1. The smallest absolute Gasteiger partial charge is 0.0596 e. The Morgan fingerprint density at radius 2 is 1.95 bits per heavy atom. The maximum atomic E-state index is 3.75. The van der Waals surface area contributed by atoms with Crippen molar-refractivity contribution in [1.82, 2.24) is 4.90 Å². The van der Waals surface area contributed by atoms with Crippen LogP contribution in [0.15, 0.2) is 24.3 Å². The van der Waals surface area contributed by atoms with Crippen LogP contribution >= 0.6 is 0 Å². The number of anilines is 2. The summed E-state index contributed by atoms with van der Waals surface area (Å²) in [4.78, 5) is 4.87. The van der Waals surface area contributed by atoms with Gasteiger partial charge in [-0.3, -0.25) is 4.90 Å². The molecule has 3 nitrogen and oxygen atoms in total. The standard InChI is InChI=1S/C16H25N3/c1-12-10-13(11-19(12)14-8-9-14)17-15-6-4-5-7-16(15)18(2)3/h4-7,12-14,17H,8-11H2,1-3H3. The molecule has 0 bridgehead atoms. The van der Waals surface area contributed by atoms with Crippen LogP contribution in [0.1, 0.15) is 26.2 Å². The van der Waals surface area contributed by atoms with E-state index in [-0.39, 0.29) is 0 Å². The summed E-state index contributed by atoms with van der Waals surface area (Å²) in [6.07, 6.45) is 4.08. The Kier molecular flexibility index (Phi) is 3.40. The summed E-state index contributed by atoms with van der Waals surface area (Å²) in [7, 11) is 4.21. The number of hydrogen-bond acceptors (Lipinski definition) is 3. The lowest BCUT2D eigenvalue weighted by Crippen LogP contribution is -2.31. The van der Waals surface area contributed by atoms with Gasteiger partial charge in [-0.2, -0.15) is 0 Å². The molecule has 19 heavy (non-hydrogen) atoms. The first-order valence-electron chi connectivity index (χ1n) is 7.44. The van der Waals surface area contributed by atoms with E-state index in [1.54, 1.807) is 0 Å². The molecule has 1 aliphatic heterocycles. The lowest BCUT2D eigenvalue weighted by Gasteiger charge is -2.22. The maximum absolute atomic E-state index is 3.75. The Morgan fingerprint density at radius 3 is 2.63 bits per heavy atom. The minimum atomic E-state index is 0.594. The van der Waals surface area contributed by atoms with E-state index in [1.807, 2.05) is 0 Å². The van der Waals surface area contributed by atoms with Gasteiger partial charge in [0, 0.05) is 38.8 Å². The summed E-state index contributed by atoms with van der Waals surface area (Å²) in [5.41, 5.74) is 2.54. The fourth-order valence-corrected chi connectivity index (χ4v) is 3.28. The molecular weight excluding hydrogens is 234 g/mol. The summed E-state index contributed by atoms with van der Waals surface area (Å²) in [5, 5.41) is 3.75. The number of likely N-dealkylation sites (tertiary alicyclic amines) is 1. The zero-order chi connectivity index (χ0) is 13.4. The molecule has 1 saturated heterocycles. The zero-order valence-corrected chi connectivity index (χ0v) is 12.3. The Hall–Kier alpha value is -1.22. The van der Waals surface area contributed by atoms with E-state index in [2.05, 4.69) is 60.4 Å². The van der Waals surface area contributed by atoms with Crippen LogP contribution in [0.4, 0.5) is 11.4 Å². The highest BCUT2D eigenvalue weighted by Gasteiger charge is 2.38. The first kappa shape index (κ1) is 12.8. The van der Waals surface area contributed by atoms with Crippen LogP contribution < -0.4 is 10.2 Å². The Labute approximate surface area is 116 Å². The van der Waals surface area contributed by atoms with Gasteiger partial charge in [0.15, 0.2) is 0 Å². The molecule has 1 N–H and O–H groups in total. The van der Waals surface area contributed by atoms with Crippen LogP contribution in [0.5, 0.6) is 0 Å². The summed E-state index contributed by atoms with van der Waals surface area (Å²) in [5.74, 6) is 0. The molecule has 1 aromatic carbocycles. The summed E-state index contributed by atoms with van der Waals surface area (Å²) in [6, 6.07) is 10.8. The number of nitrogens with one attached hydrogen (secondary N) is 1.